The van der Waals surface area contributed by atoms with Crippen LogP contribution in [-0.2, 0) is 11.2 Å². The molecule has 0 aliphatic carbocycles. The summed E-state index contributed by atoms with van der Waals surface area (Å²) in [5.74, 6) is 0.0951. The fourth-order valence-corrected chi connectivity index (χ4v) is 2.19. The van der Waals surface area contributed by atoms with Gasteiger partial charge in [-0.25, -0.2) is 9.82 Å². The molecule has 0 spiro atoms. The van der Waals surface area contributed by atoms with Gasteiger partial charge in [-0.1, -0.05) is 26.0 Å². The molecule has 1 aliphatic rings. The van der Waals surface area contributed by atoms with Crippen LogP contribution in [0.5, 0.6) is 0 Å². The SMILES string of the molecule is CC(C)C1CC(NC(=O)Cc2cccc(F)c2)NN1. The molecule has 0 bridgehead atoms. The van der Waals surface area contributed by atoms with Crippen LogP contribution in [0.3, 0.4) is 0 Å². The minimum atomic E-state index is -0.314. The van der Waals surface area contributed by atoms with Crippen LogP contribution in [0, 0.1) is 11.7 Å². The van der Waals surface area contributed by atoms with E-state index < -0.39 is 0 Å². The van der Waals surface area contributed by atoms with Gasteiger partial charge in [-0.05, 0) is 30.0 Å². The molecule has 1 saturated heterocycles. The van der Waals surface area contributed by atoms with Gasteiger partial charge in [0.05, 0.1) is 12.6 Å². The van der Waals surface area contributed by atoms with Gasteiger partial charge in [0.2, 0.25) is 5.91 Å². The van der Waals surface area contributed by atoms with Gasteiger partial charge in [-0.15, -0.1) is 0 Å². The van der Waals surface area contributed by atoms with Crippen molar-refractivity contribution in [3.63, 3.8) is 0 Å². The Morgan fingerprint density at radius 2 is 2.26 bits per heavy atom. The number of hydrogen-bond acceptors (Lipinski definition) is 3. The standard InChI is InChI=1S/C14H20FN3O/c1-9(2)12-8-13(18-17-12)16-14(19)7-10-4-3-5-11(15)6-10/h3-6,9,12-13,17-18H,7-8H2,1-2H3,(H,16,19). The van der Waals surface area contributed by atoms with Crippen molar-refractivity contribution < 1.29 is 9.18 Å². The summed E-state index contributed by atoms with van der Waals surface area (Å²) in [5, 5.41) is 2.90. The van der Waals surface area contributed by atoms with E-state index in [4.69, 9.17) is 0 Å². The van der Waals surface area contributed by atoms with Crippen LogP contribution in [0.25, 0.3) is 0 Å². The van der Waals surface area contributed by atoms with E-state index in [1.54, 1.807) is 12.1 Å². The maximum absolute atomic E-state index is 13.0. The summed E-state index contributed by atoms with van der Waals surface area (Å²) < 4.78 is 13.0. The van der Waals surface area contributed by atoms with Gasteiger partial charge in [-0.2, -0.15) is 0 Å². The molecule has 1 aromatic carbocycles. The van der Waals surface area contributed by atoms with Gasteiger partial charge in [-0.3, -0.25) is 10.2 Å². The van der Waals surface area contributed by atoms with Crippen molar-refractivity contribution in [2.75, 3.05) is 0 Å². The fourth-order valence-electron chi connectivity index (χ4n) is 2.19. The van der Waals surface area contributed by atoms with E-state index in [1.807, 2.05) is 0 Å². The summed E-state index contributed by atoms with van der Waals surface area (Å²) in [4.78, 5) is 11.9. The number of halogens is 1. The lowest BCUT2D eigenvalue weighted by Gasteiger charge is -2.13. The van der Waals surface area contributed by atoms with E-state index in [1.165, 1.54) is 12.1 Å². The lowest BCUT2D eigenvalue weighted by atomic mass is 10.0. The highest BCUT2D eigenvalue weighted by Crippen LogP contribution is 2.12. The Balaban J connectivity index is 1.82. The zero-order chi connectivity index (χ0) is 13.8. The molecule has 19 heavy (non-hydrogen) atoms. The zero-order valence-corrected chi connectivity index (χ0v) is 11.2. The summed E-state index contributed by atoms with van der Waals surface area (Å²) in [5.41, 5.74) is 6.90. The number of nitrogens with one attached hydrogen (secondary N) is 3. The van der Waals surface area contributed by atoms with Crippen LogP contribution in [0.2, 0.25) is 0 Å². The molecule has 1 aliphatic heterocycles. The molecule has 1 aromatic rings. The van der Waals surface area contributed by atoms with Gasteiger partial charge in [0.1, 0.15) is 5.82 Å². The molecular weight excluding hydrogens is 245 g/mol. The summed E-state index contributed by atoms with van der Waals surface area (Å²) in [6.07, 6.45) is 0.989. The van der Waals surface area contributed by atoms with Crippen molar-refractivity contribution in [2.24, 2.45) is 5.92 Å². The summed E-state index contributed by atoms with van der Waals surface area (Å²) in [6.45, 7) is 4.27. The van der Waals surface area contributed by atoms with E-state index >= 15 is 0 Å². The molecule has 104 valence electrons. The third-order valence-corrected chi connectivity index (χ3v) is 3.33. The fraction of sp³-hybridized carbons (Fsp3) is 0.500. The highest BCUT2D eigenvalue weighted by molar-refractivity contribution is 5.78. The molecule has 2 atom stereocenters. The van der Waals surface area contributed by atoms with Crippen LogP contribution in [0.1, 0.15) is 25.8 Å². The topological polar surface area (TPSA) is 53.2 Å². The highest BCUT2D eigenvalue weighted by atomic mass is 19.1. The predicted octanol–water partition coefficient (Wildman–Crippen LogP) is 1.33. The minimum absolute atomic E-state index is 0.0616. The molecule has 0 aromatic heterocycles. The summed E-state index contributed by atoms with van der Waals surface area (Å²) in [6, 6.07) is 6.48. The molecule has 1 heterocycles. The third kappa shape index (κ3) is 4.01. The second-order valence-electron chi connectivity index (χ2n) is 5.30. The molecule has 2 unspecified atom stereocenters. The van der Waals surface area contributed by atoms with E-state index in [2.05, 4.69) is 30.0 Å². The molecule has 4 nitrogen and oxygen atoms in total. The maximum Gasteiger partial charge on any atom is 0.225 e. The van der Waals surface area contributed by atoms with Crippen molar-refractivity contribution in [1.82, 2.24) is 16.2 Å². The Bertz CT molecular complexity index is 450. The van der Waals surface area contributed by atoms with E-state index in [9.17, 15) is 9.18 Å². The largest absolute Gasteiger partial charge is 0.339 e. The molecule has 3 N–H and O–H groups in total. The summed E-state index contributed by atoms with van der Waals surface area (Å²) >= 11 is 0. The Kier molecular flexibility index (Phi) is 4.50. The average molecular weight is 265 g/mol. The number of hydrazine groups is 1. The van der Waals surface area contributed by atoms with Gasteiger partial charge in [0, 0.05) is 6.04 Å². The van der Waals surface area contributed by atoms with Crippen molar-refractivity contribution in [3.8, 4) is 0 Å². The monoisotopic (exact) mass is 265 g/mol. The molecular formula is C14H20FN3O. The third-order valence-electron chi connectivity index (χ3n) is 3.33. The molecule has 5 heteroatoms. The molecule has 2 rings (SSSR count). The van der Waals surface area contributed by atoms with Crippen LogP contribution in [-0.4, -0.2) is 18.1 Å². The Labute approximate surface area is 112 Å². The number of rotatable bonds is 4. The van der Waals surface area contributed by atoms with Gasteiger partial charge in [0.15, 0.2) is 0 Å². The first kappa shape index (κ1) is 14.0. The Morgan fingerprint density at radius 3 is 2.89 bits per heavy atom. The second-order valence-corrected chi connectivity index (χ2v) is 5.30. The van der Waals surface area contributed by atoms with E-state index in [-0.39, 0.29) is 24.3 Å². The maximum atomic E-state index is 13.0. The normalized spacial score (nSPS) is 22.7. The number of carbonyl (C=O) groups is 1. The predicted molar refractivity (Wildman–Crippen MR) is 71.5 cm³/mol. The molecule has 1 fully saturated rings. The number of amides is 1. The van der Waals surface area contributed by atoms with Crippen LogP contribution < -0.4 is 16.2 Å². The number of carbonyl (C=O) groups excluding carboxylic acids is 1. The zero-order valence-electron chi connectivity index (χ0n) is 11.2. The molecule has 0 saturated carbocycles. The quantitative estimate of drug-likeness (QED) is 0.770. The van der Waals surface area contributed by atoms with Gasteiger partial charge < -0.3 is 5.32 Å². The first-order valence-electron chi connectivity index (χ1n) is 6.59. The molecule has 1 amide bonds. The number of benzene rings is 1. The van der Waals surface area contributed by atoms with E-state index in [0.29, 0.717) is 17.5 Å². The van der Waals surface area contributed by atoms with Crippen LogP contribution in [0.4, 0.5) is 4.39 Å². The smallest absolute Gasteiger partial charge is 0.225 e. The van der Waals surface area contributed by atoms with Crippen molar-refractivity contribution in [1.29, 1.82) is 0 Å². The van der Waals surface area contributed by atoms with Crippen LogP contribution >= 0.6 is 0 Å². The Morgan fingerprint density at radius 1 is 1.47 bits per heavy atom. The first-order chi connectivity index (χ1) is 9.04. The second kappa shape index (κ2) is 6.12. The highest BCUT2D eigenvalue weighted by Gasteiger charge is 2.26. The Hall–Kier alpha value is -1.46. The summed E-state index contributed by atoms with van der Waals surface area (Å²) in [7, 11) is 0. The lowest BCUT2D eigenvalue weighted by Crippen LogP contribution is -2.45. The first-order valence-corrected chi connectivity index (χ1v) is 6.59. The van der Waals surface area contributed by atoms with Crippen molar-refractivity contribution in [3.05, 3.63) is 35.6 Å². The minimum Gasteiger partial charge on any atom is -0.339 e. The lowest BCUT2D eigenvalue weighted by molar-refractivity contribution is -0.121. The molecule has 0 radical (unpaired) electrons. The van der Waals surface area contributed by atoms with Crippen molar-refractivity contribution in [2.45, 2.75) is 38.9 Å². The van der Waals surface area contributed by atoms with Crippen molar-refractivity contribution >= 4 is 5.91 Å². The van der Waals surface area contributed by atoms with Crippen LogP contribution in [0.15, 0.2) is 24.3 Å². The van der Waals surface area contributed by atoms with Gasteiger partial charge >= 0.3 is 0 Å². The van der Waals surface area contributed by atoms with E-state index in [0.717, 1.165) is 6.42 Å². The number of hydrogen-bond donors (Lipinski definition) is 3. The average Bonchev–Trinajstić information content (AvgIpc) is 2.77. The van der Waals surface area contributed by atoms with Gasteiger partial charge in [0.25, 0.3) is 0 Å².